The Morgan fingerprint density at radius 3 is 2.93 bits per heavy atom. The largest absolute Gasteiger partial charge is 0.325 e. The van der Waals surface area contributed by atoms with Gasteiger partial charge in [0, 0.05) is 7.05 Å². The van der Waals surface area contributed by atoms with Crippen molar-refractivity contribution in [1.29, 1.82) is 0 Å². The van der Waals surface area contributed by atoms with Crippen molar-refractivity contribution in [3.05, 3.63) is 0 Å². The van der Waals surface area contributed by atoms with Crippen LogP contribution in [0.1, 0.15) is 26.2 Å². The predicted octanol–water partition coefficient (Wildman–Crippen LogP) is 0.274. The van der Waals surface area contributed by atoms with Crippen LogP contribution in [0.25, 0.3) is 0 Å². The van der Waals surface area contributed by atoms with E-state index in [-0.39, 0.29) is 18.1 Å². The highest BCUT2D eigenvalue weighted by molar-refractivity contribution is 5.96. The molecule has 14 heavy (non-hydrogen) atoms. The van der Waals surface area contributed by atoms with Gasteiger partial charge in [-0.2, -0.15) is 0 Å². The van der Waals surface area contributed by atoms with Gasteiger partial charge in [0.15, 0.2) is 0 Å². The molecule has 1 rings (SSSR count). The number of hydrogen-bond acceptors (Lipinski definition) is 3. The molecule has 1 aliphatic heterocycles. The van der Waals surface area contributed by atoms with Gasteiger partial charge in [-0.1, -0.05) is 13.3 Å². The van der Waals surface area contributed by atoms with E-state index >= 15 is 0 Å². The number of imide groups is 1. The SMILES string of the molecule is CCCCNC1CC(=O)NC(=O)N1C. The summed E-state index contributed by atoms with van der Waals surface area (Å²) in [7, 11) is 1.69. The third kappa shape index (κ3) is 2.70. The van der Waals surface area contributed by atoms with Crippen LogP contribution in [0.4, 0.5) is 4.79 Å². The molecule has 0 aliphatic carbocycles. The molecule has 0 spiro atoms. The number of nitrogens with zero attached hydrogens (tertiary/aromatic N) is 1. The highest BCUT2D eigenvalue weighted by atomic mass is 16.2. The first-order valence-corrected chi connectivity index (χ1v) is 4.95. The van der Waals surface area contributed by atoms with Crippen LogP contribution in [-0.4, -0.2) is 36.6 Å². The topological polar surface area (TPSA) is 61.4 Å². The van der Waals surface area contributed by atoms with Crippen LogP contribution in [0.5, 0.6) is 0 Å². The Labute approximate surface area is 83.8 Å². The van der Waals surface area contributed by atoms with Crippen molar-refractivity contribution in [2.24, 2.45) is 0 Å². The lowest BCUT2D eigenvalue weighted by Crippen LogP contribution is -2.58. The number of hydrogen-bond donors (Lipinski definition) is 2. The molecule has 1 atom stereocenters. The molecule has 5 nitrogen and oxygen atoms in total. The second kappa shape index (κ2) is 4.95. The van der Waals surface area contributed by atoms with Crippen molar-refractivity contribution >= 4 is 11.9 Å². The Morgan fingerprint density at radius 2 is 2.29 bits per heavy atom. The van der Waals surface area contributed by atoms with Crippen LogP contribution < -0.4 is 10.6 Å². The summed E-state index contributed by atoms with van der Waals surface area (Å²) in [4.78, 5) is 23.8. The molecule has 0 aromatic carbocycles. The number of urea groups is 1. The van der Waals surface area contributed by atoms with E-state index in [0.717, 1.165) is 19.4 Å². The Morgan fingerprint density at radius 1 is 1.57 bits per heavy atom. The first-order chi connectivity index (χ1) is 6.65. The summed E-state index contributed by atoms with van der Waals surface area (Å²) in [5.41, 5.74) is 0. The molecule has 80 valence electrons. The first-order valence-electron chi connectivity index (χ1n) is 4.95. The zero-order chi connectivity index (χ0) is 10.6. The standard InChI is InChI=1S/C9H17N3O2/c1-3-4-5-10-7-6-8(13)11-9(14)12(7)2/h7,10H,3-6H2,1-2H3,(H,11,13,14). The van der Waals surface area contributed by atoms with Crippen molar-refractivity contribution in [3.8, 4) is 0 Å². The summed E-state index contributed by atoms with van der Waals surface area (Å²) in [5.74, 6) is -0.206. The third-order valence-electron chi connectivity index (χ3n) is 2.32. The van der Waals surface area contributed by atoms with E-state index in [1.165, 1.54) is 4.90 Å². The van der Waals surface area contributed by atoms with Gasteiger partial charge in [0.05, 0.1) is 12.6 Å². The van der Waals surface area contributed by atoms with Gasteiger partial charge < -0.3 is 4.90 Å². The molecular formula is C9H17N3O2. The molecular weight excluding hydrogens is 182 g/mol. The maximum atomic E-state index is 11.2. The maximum Gasteiger partial charge on any atom is 0.325 e. The minimum absolute atomic E-state index is 0.150. The predicted molar refractivity (Wildman–Crippen MR) is 52.6 cm³/mol. The first kappa shape index (κ1) is 11.0. The molecule has 0 saturated carbocycles. The van der Waals surface area contributed by atoms with E-state index in [9.17, 15) is 9.59 Å². The van der Waals surface area contributed by atoms with E-state index in [2.05, 4.69) is 17.6 Å². The molecule has 0 bridgehead atoms. The molecule has 1 aliphatic rings. The van der Waals surface area contributed by atoms with Gasteiger partial charge in [0.25, 0.3) is 0 Å². The summed E-state index contributed by atoms with van der Waals surface area (Å²) < 4.78 is 0. The van der Waals surface area contributed by atoms with Crippen molar-refractivity contribution in [2.75, 3.05) is 13.6 Å². The average molecular weight is 199 g/mol. The van der Waals surface area contributed by atoms with E-state index in [1.54, 1.807) is 7.05 Å². The zero-order valence-corrected chi connectivity index (χ0v) is 8.67. The van der Waals surface area contributed by atoms with Crippen LogP contribution in [0.3, 0.4) is 0 Å². The van der Waals surface area contributed by atoms with Crippen molar-refractivity contribution in [3.63, 3.8) is 0 Å². The molecule has 5 heteroatoms. The van der Waals surface area contributed by atoms with Gasteiger partial charge in [-0.05, 0) is 13.0 Å². The van der Waals surface area contributed by atoms with Crippen molar-refractivity contribution in [1.82, 2.24) is 15.5 Å². The van der Waals surface area contributed by atoms with Crippen LogP contribution in [0.2, 0.25) is 0 Å². The van der Waals surface area contributed by atoms with Gasteiger partial charge in [0.2, 0.25) is 5.91 Å². The van der Waals surface area contributed by atoms with E-state index in [1.807, 2.05) is 0 Å². The summed E-state index contributed by atoms with van der Waals surface area (Å²) in [6.45, 7) is 2.94. The minimum atomic E-state index is -0.324. The lowest BCUT2D eigenvalue weighted by atomic mass is 10.2. The van der Waals surface area contributed by atoms with Crippen LogP contribution in [0, 0.1) is 0 Å². The molecule has 1 fully saturated rings. The second-order valence-corrected chi connectivity index (χ2v) is 3.49. The molecule has 1 saturated heterocycles. The lowest BCUT2D eigenvalue weighted by molar-refractivity contribution is -0.122. The zero-order valence-electron chi connectivity index (χ0n) is 8.67. The Kier molecular flexibility index (Phi) is 3.88. The minimum Gasteiger partial charge on any atom is -0.311 e. The highest BCUT2D eigenvalue weighted by Crippen LogP contribution is 2.05. The molecule has 0 radical (unpaired) electrons. The number of carbonyl (C=O) groups excluding carboxylic acids is 2. The normalized spacial score (nSPS) is 22.4. The number of nitrogens with one attached hydrogen (secondary N) is 2. The fourth-order valence-electron chi connectivity index (χ4n) is 1.37. The number of carbonyl (C=O) groups is 2. The lowest BCUT2D eigenvalue weighted by Gasteiger charge is -2.32. The maximum absolute atomic E-state index is 11.2. The molecule has 0 aromatic heterocycles. The molecule has 2 N–H and O–H groups in total. The smallest absolute Gasteiger partial charge is 0.311 e. The van der Waals surface area contributed by atoms with Crippen molar-refractivity contribution < 1.29 is 9.59 Å². The number of rotatable bonds is 4. The highest BCUT2D eigenvalue weighted by Gasteiger charge is 2.28. The van der Waals surface area contributed by atoms with E-state index in [0.29, 0.717) is 6.42 Å². The summed E-state index contributed by atoms with van der Waals surface area (Å²) in [5, 5.41) is 5.43. The molecule has 1 unspecified atom stereocenters. The summed E-state index contributed by atoms with van der Waals surface area (Å²) >= 11 is 0. The summed E-state index contributed by atoms with van der Waals surface area (Å²) in [6, 6.07) is -0.324. The van der Waals surface area contributed by atoms with Crippen LogP contribution in [-0.2, 0) is 4.79 Å². The monoisotopic (exact) mass is 199 g/mol. The molecule has 3 amide bonds. The Bertz CT molecular complexity index is 230. The average Bonchev–Trinajstić information content (AvgIpc) is 2.13. The second-order valence-electron chi connectivity index (χ2n) is 3.49. The quantitative estimate of drug-likeness (QED) is 0.639. The van der Waals surface area contributed by atoms with Gasteiger partial charge in [-0.25, -0.2) is 4.79 Å². The number of unbranched alkanes of at least 4 members (excludes halogenated alkanes) is 1. The summed E-state index contributed by atoms with van der Waals surface area (Å²) in [6.07, 6.45) is 2.35. The Hall–Kier alpha value is -1.10. The van der Waals surface area contributed by atoms with Gasteiger partial charge >= 0.3 is 6.03 Å². The van der Waals surface area contributed by atoms with E-state index in [4.69, 9.17) is 0 Å². The van der Waals surface area contributed by atoms with Gasteiger partial charge in [-0.3, -0.25) is 15.4 Å². The fourth-order valence-corrected chi connectivity index (χ4v) is 1.37. The molecule has 0 aromatic rings. The van der Waals surface area contributed by atoms with Crippen molar-refractivity contribution in [2.45, 2.75) is 32.4 Å². The fraction of sp³-hybridized carbons (Fsp3) is 0.778. The molecule has 1 heterocycles. The van der Waals surface area contributed by atoms with Crippen LogP contribution in [0.15, 0.2) is 0 Å². The van der Waals surface area contributed by atoms with Gasteiger partial charge in [0.1, 0.15) is 0 Å². The van der Waals surface area contributed by atoms with Crippen LogP contribution >= 0.6 is 0 Å². The van der Waals surface area contributed by atoms with Gasteiger partial charge in [-0.15, -0.1) is 0 Å². The Balaban J connectivity index is 2.41. The third-order valence-corrected chi connectivity index (χ3v) is 2.32. The van der Waals surface area contributed by atoms with E-state index < -0.39 is 0 Å². The number of amides is 3.